The van der Waals surface area contributed by atoms with Gasteiger partial charge in [-0.05, 0) is 47.9 Å². The standard InChI is InChI=1S/C27H30N2O5/c30-23(28-27(14-15-27)24(31)32)16-26(12-6-1-7-13-26)29-25(33)34-17-22-20-10-4-2-8-18(20)19-9-3-5-11-21(19)22/h2-5,8-11,22H,1,6-7,12-17H2,(H,28,30)(H,29,33)(H,31,32). The van der Waals surface area contributed by atoms with Crippen LogP contribution >= 0.6 is 0 Å². The number of carboxylic acid groups (broad SMARTS) is 1. The minimum absolute atomic E-state index is 0.0333. The molecule has 2 amide bonds. The number of rotatable bonds is 7. The first-order valence-electron chi connectivity index (χ1n) is 12.1. The van der Waals surface area contributed by atoms with Crippen LogP contribution in [0.1, 0.15) is 68.4 Å². The van der Waals surface area contributed by atoms with Crippen LogP contribution in [-0.2, 0) is 14.3 Å². The van der Waals surface area contributed by atoms with Gasteiger partial charge in [0.15, 0.2) is 0 Å². The molecule has 2 aromatic carbocycles. The third kappa shape index (κ3) is 4.27. The first kappa shape index (κ1) is 22.4. The van der Waals surface area contributed by atoms with E-state index in [0.29, 0.717) is 25.7 Å². The van der Waals surface area contributed by atoms with Crippen molar-refractivity contribution in [3.8, 4) is 11.1 Å². The highest BCUT2D eigenvalue weighted by Gasteiger charge is 2.52. The van der Waals surface area contributed by atoms with E-state index in [9.17, 15) is 19.5 Å². The highest BCUT2D eigenvalue weighted by molar-refractivity contribution is 5.90. The molecule has 0 spiro atoms. The summed E-state index contributed by atoms with van der Waals surface area (Å²) >= 11 is 0. The Kier molecular flexibility index (Phi) is 5.80. The van der Waals surface area contributed by atoms with Gasteiger partial charge in [0, 0.05) is 12.3 Å². The van der Waals surface area contributed by atoms with E-state index in [-0.39, 0.29) is 24.9 Å². The molecule has 0 atom stereocenters. The van der Waals surface area contributed by atoms with Crippen LogP contribution < -0.4 is 10.6 Å². The normalized spacial score (nSPS) is 19.4. The third-order valence-corrected chi connectivity index (χ3v) is 7.56. The number of amides is 2. The van der Waals surface area contributed by atoms with Gasteiger partial charge >= 0.3 is 12.1 Å². The molecule has 2 fully saturated rings. The van der Waals surface area contributed by atoms with Gasteiger partial charge in [0.2, 0.25) is 5.91 Å². The van der Waals surface area contributed by atoms with E-state index in [2.05, 4.69) is 34.9 Å². The molecule has 7 heteroatoms. The van der Waals surface area contributed by atoms with Crippen LogP contribution in [0.5, 0.6) is 0 Å². The van der Waals surface area contributed by atoms with Crippen LogP contribution in [0.4, 0.5) is 4.79 Å². The number of hydrogen-bond acceptors (Lipinski definition) is 4. The summed E-state index contributed by atoms with van der Waals surface area (Å²) in [6.45, 7) is 0.213. The summed E-state index contributed by atoms with van der Waals surface area (Å²) in [5.74, 6) is -1.36. The zero-order chi connectivity index (χ0) is 23.8. The molecule has 0 saturated heterocycles. The third-order valence-electron chi connectivity index (χ3n) is 7.56. The van der Waals surface area contributed by atoms with Crippen molar-refractivity contribution in [1.29, 1.82) is 0 Å². The van der Waals surface area contributed by atoms with Crippen LogP contribution in [0.25, 0.3) is 11.1 Å². The molecule has 34 heavy (non-hydrogen) atoms. The number of carboxylic acids is 1. The topological polar surface area (TPSA) is 105 Å². The zero-order valence-corrected chi connectivity index (χ0v) is 19.1. The average Bonchev–Trinajstić information content (AvgIpc) is 3.54. The quantitative estimate of drug-likeness (QED) is 0.567. The predicted octanol–water partition coefficient (Wildman–Crippen LogP) is 4.35. The summed E-state index contributed by atoms with van der Waals surface area (Å²) in [6.07, 6.45) is 4.62. The summed E-state index contributed by atoms with van der Waals surface area (Å²) in [5.41, 5.74) is 2.79. The van der Waals surface area contributed by atoms with Gasteiger partial charge in [-0.2, -0.15) is 0 Å². The van der Waals surface area contributed by atoms with Crippen LogP contribution in [0.3, 0.4) is 0 Å². The highest BCUT2D eigenvalue weighted by atomic mass is 16.5. The molecule has 0 radical (unpaired) electrons. The average molecular weight is 463 g/mol. The Labute approximate surface area is 198 Å². The Morgan fingerprint density at radius 1 is 0.853 bits per heavy atom. The Morgan fingerprint density at radius 3 is 2.00 bits per heavy atom. The smallest absolute Gasteiger partial charge is 0.407 e. The molecule has 3 aliphatic carbocycles. The maximum Gasteiger partial charge on any atom is 0.407 e. The Hall–Kier alpha value is -3.35. The van der Waals surface area contributed by atoms with Gasteiger partial charge in [-0.1, -0.05) is 67.8 Å². The summed E-state index contributed by atoms with van der Waals surface area (Å²) in [6, 6.07) is 16.4. The molecule has 7 nitrogen and oxygen atoms in total. The van der Waals surface area contributed by atoms with Crippen LogP contribution in [0.15, 0.2) is 48.5 Å². The van der Waals surface area contributed by atoms with E-state index in [1.165, 1.54) is 11.1 Å². The number of fused-ring (bicyclic) bond motifs is 3. The molecule has 0 aromatic heterocycles. The number of hydrogen-bond donors (Lipinski definition) is 3. The second-order valence-electron chi connectivity index (χ2n) is 9.90. The largest absolute Gasteiger partial charge is 0.480 e. The van der Waals surface area contributed by atoms with Gasteiger partial charge in [0.25, 0.3) is 0 Å². The number of aliphatic carboxylic acids is 1. The molecular formula is C27H30N2O5. The van der Waals surface area contributed by atoms with Crippen molar-refractivity contribution in [2.24, 2.45) is 0 Å². The predicted molar refractivity (Wildman–Crippen MR) is 126 cm³/mol. The molecule has 3 N–H and O–H groups in total. The number of alkyl carbamates (subject to hydrolysis) is 1. The molecule has 0 bridgehead atoms. The number of benzene rings is 2. The van der Waals surface area contributed by atoms with Crippen molar-refractivity contribution in [2.75, 3.05) is 6.61 Å². The number of ether oxygens (including phenoxy) is 1. The van der Waals surface area contributed by atoms with E-state index in [0.717, 1.165) is 30.4 Å². The molecule has 178 valence electrons. The fourth-order valence-corrected chi connectivity index (χ4v) is 5.56. The lowest BCUT2D eigenvalue weighted by molar-refractivity contribution is -0.143. The highest BCUT2D eigenvalue weighted by Crippen LogP contribution is 2.44. The summed E-state index contributed by atoms with van der Waals surface area (Å²) in [5, 5.41) is 15.1. The van der Waals surface area contributed by atoms with Crippen LogP contribution in [-0.4, -0.2) is 40.8 Å². The van der Waals surface area contributed by atoms with Crippen molar-refractivity contribution in [2.45, 2.75) is 68.4 Å². The minimum atomic E-state index is -1.13. The van der Waals surface area contributed by atoms with Crippen LogP contribution in [0.2, 0.25) is 0 Å². The SMILES string of the molecule is O=C(CC1(NC(=O)OCC2c3ccccc3-c3ccccc32)CCCCC1)NC1(C(=O)O)CC1. The molecule has 2 saturated carbocycles. The molecule has 5 rings (SSSR count). The van der Waals surface area contributed by atoms with Gasteiger partial charge in [0.1, 0.15) is 12.1 Å². The van der Waals surface area contributed by atoms with Gasteiger partial charge in [-0.25, -0.2) is 9.59 Å². The monoisotopic (exact) mass is 462 g/mol. The van der Waals surface area contributed by atoms with Gasteiger partial charge in [0.05, 0.1) is 5.54 Å². The zero-order valence-electron chi connectivity index (χ0n) is 19.1. The van der Waals surface area contributed by atoms with Crippen molar-refractivity contribution in [1.82, 2.24) is 10.6 Å². The molecule has 0 unspecified atom stereocenters. The Bertz CT molecular complexity index is 1070. The maximum atomic E-state index is 12.9. The van der Waals surface area contributed by atoms with E-state index >= 15 is 0 Å². The molecular weight excluding hydrogens is 432 g/mol. The number of carbonyl (C=O) groups excluding carboxylic acids is 2. The number of carbonyl (C=O) groups is 3. The first-order valence-corrected chi connectivity index (χ1v) is 12.1. The van der Waals surface area contributed by atoms with Crippen molar-refractivity contribution >= 4 is 18.0 Å². The lowest BCUT2D eigenvalue weighted by Gasteiger charge is -2.37. The number of nitrogens with one attached hydrogen (secondary N) is 2. The van der Waals surface area contributed by atoms with Crippen molar-refractivity contribution in [3.63, 3.8) is 0 Å². The summed E-state index contributed by atoms with van der Waals surface area (Å²) < 4.78 is 5.72. The minimum Gasteiger partial charge on any atom is -0.480 e. The van der Waals surface area contributed by atoms with Gasteiger partial charge in [-0.3, -0.25) is 4.79 Å². The van der Waals surface area contributed by atoms with Crippen LogP contribution in [0, 0.1) is 0 Å². The molecule has 0 heterocycles. The van der Waals surface area contributed by atoms with E-state index < -0.39 is 23.1 Å². The van der Waals surface area contributed by atoms with E-state index in [1.807, 2.05) is 24.3 Å². The maximum absolute atomic E-state index is 12.9. The van der Waals surface area contributed by atoms with Gasteiger partial charge in [-0.15, -0.1) is 0 Å². The summed E-state index contributed by atoms with van der Waals surface area (Å²) in [4.78, 5) is 37.1. The second-order valence-corrected chi connectivity index (χ2v) is 9.90. The van der Waals surface area contributed by atoms with Crippen molar-refractivity contribution in [3.05, 3.63) is 59.7 Å². The Morgan fingerprint density at radius 2 is 1.44 bits per heavy atom. The van der Waals surface area contributed by atoms with E-state index in [1.54, 1.807) is 0 Å². The first-order chi connectivity index (χ1) is 16.4. The summed E-state index contributed by atoms with van der Waals surface area (Å²) in [7, 11) is 0. The fraction of sp³-hybridized carbons (Fsp3) is 0.444. The molecule has 2 aromatic rings. The van der Waals surface area contributed by atoms with E-state index in [4.69, 9.17) is 4.74 Å². The Balaban J connectivity index is 1.25. The second kappa shape index (κ2) is 8.78. The lowest BCUT2D eigenvalue weighted by atomic mass is 9.79. The lowest BCUT2D eigenvalue weighted by Crippen LogP contribution is -2.54. The molecule has 3 aliphatic rings. The van der Waals surface area contributed by atoms with Gasteiger partial charge < -0.3 is 20.5 Å². The van der Waals surface area contributed by atoms with Crippen molar-refractivity contribution < 1.29 is 24.2 Å². The molecule has 0 aliphatic heterocycles. The fourth-order valence-electron chi connectivity index (χ4n) is 5.56.